The van der Waals surface area contributed by atoms with E-state index in [1.807, 2.05) is 52.0 Å². The molecule has 0 aliphatic heterocycles. The van der Waals surface area contributed by atoms with Crippen molar-refractivity contribution in [2.45, 2.75) is 46.3 Å². The molecule has 0 saturated heterocycles. The van der Waals surface area contributed by atoms with Gasteiger partial charge in [0.25, 0.3) is 0 Å². The second-order valence-corrected chi connectivity index (χ2v) is 6.12. The monoisotopic (exact) mass is 319 g/mol. The van der Waals surface area contributed by atoms with Gasteiger partial charge in [0.15, 0.2) is 0 Å². The first-order valence-corrected chi connectivity index (χ1v) is 7.65. The zero-order chi connectivity index (χ0) is 17.5. The van der Waals surface area contributed by atoms with Crippen LogP contribution in [0.25, 0.3) is 6.08 Å². The fourth-order valence-corrected chi connectivity index (χ4v) is 1.82. The lowest BCUT2D eigenvalue weighted by Crippen LogP contribution is -2.34. The molecule has 1 aromatic rings. The van der Waals surface area contributed by atoms with Gasteiger partial charge in [-0.2, -0.15) is 0 Å². The molecule has 0 aromatic heterocycles. The Morgan fingerprint density at radius 3 is 2.35 bits per heavy atom. The van der Waals surface area contributed by atoms with Crippen LogP contribution < -0.4 is 5.32 Å². The quantitative estimate of drug-likeness (QED) is 0.661. The van der Waals surface area contributed by atoms with Crippen molar-refractivity contribution >= 4 is 18.1 Å². The van der Waals surface area contributed by atoms with E-state index in [0.717, 1.165) is 11.1 Å². The standard InChI is InChI=1S/C18H25NO4/c1-6-22-16(20)12-9-14-7-10-15(11-8-14)13(2)19-17(21)23-18(3,4)5/h7-13H,6H2,1-5H3,(H,19,21)/b12-9+/t13-/m0/s1. The van der Waals surface area contributed by atoms with Crippen LogP contribution >= 0.6 is 0 Å². The number of amides is 1. The van der Waals surface area contributed by atoms with Gasteiger partial charge in [-0.05, 0) is 51.8 Å². The molecule has 1 N–H and O–H groups in total. The highest BCUT2D eigenvalue weighted by molar-refractivity contribution is 5.87. The van der Waals surface area contributed by atoms with Gasteiger partial charge in [0.1, 0.15) is 5.60 Å². The van der Waals surface area contributed by atoms with Crippen LogP contribution in [0, 0.1) is 0 Å². The molecule has 0 aliphatic rings. The van der Waals surface area contributed by atoms with Crippen molar-refractivity contribution < 1.29 is 19.1 Å². The summed E-state index contributed by atoms with van der Waals surface area (Å²) in [7, 11) is 0. The molecule has 23 heavy (non-hydrogen) atoms. The Kier molecular flexibility index (Phi) is 6.82. The van der Waals surface area contributed by atoms with Crippen LogP contribution in [0.3, 0.4) is 0 Å². The molecule has 126 valence electrons. The zero-order valence-corrected chi connectivity index (χ0v) is 14.4. The van der Waals surface area contributed by atoms with E-state index in [2.05, 4.69) is 5.32 Å². The Morgan fingerprint density at radius 1 is 1.22 bits per heavy atom. The number of benzene rings is 1. The maximum absolute atomic E-state index is 11.8. The summed E-state index contributed by atoms with van der Waals surface area (Å²) < 4.78 is 10.1. The number of ether oxygens (including phenoxy) is 2. The Bertz CT molecular complexity index is 555. The van der Waals surface area contributed by atoms with Gasteiger partial charge < -0.3 is 14.8 Å². The molecule has 1 atom stereocenters. The normalized spacial score (nSPS) is 12.7. The van der Waals surface area contributed by atoms with Crippen molar-refractivity contribution in [1.29, 1.82) is 0 Å². The van der Waals surface area contributed by atoms with E-state index >= 15 is 0 Å². The van der Waals surface area contributed by atoms with Gasteiger partial charge >= 0.3 is 12.1 Å². The summed E-state index contributed by atoms with van der Waals surface area (Å²) in [5.41, 5.74) is 1.31. The number of carbonyl (C=O) groups excluding carboxylic acids is 2. The molecular weight excluding hydrogens is 294 g/mol. The number of hydrogen-bond donors (Lipinski definition) is 1. The van der Waals surface area contributed by atoms with Crippen LogP contribution in [0.1, 0.15) is 51.8 Å². The lowest BCUT2D eigenvalue weighted by Gasteiger charge is -2.22. The third-order valence-electron chi connectivity index (χ3n) is 2.87. The Balaban J connectivity index is 2.62. The van der Waals surface area contributed by atoms with Gasteiger partial charge in [-0.1, -0.05) is 24.3 Å². The summed E-state index contributed by atoms with van der Waals surface area (Å²) in [6.07, 6.45) is 2.63. The van der Waals surface area contributed by atoms with Crippen LogP contribution in [-0.4, -0.2) is 24.3 Å². The number of nitrogens with one attached hydrogen (secondary N) is 1. The maximum atomic E-state index is 11.8. The van der Waals surface area contributed by atoms with Crippen LogP contribution in [0.15, 0.2) is 30.3 Å². The summed E-state index contributed by atoms with van der Waals surface area (Å²) in [4.78, 5) is 23.0. The van der Waals surface area contributed by atoms with E-state index in [4.69, 9.17) is 9.47 Å². The highest BCUT2D eigenvalue weighted by Crippen LogP contribution is 2.15. The highest BCUT2D eigenvalue weighted by Gasteiger charge is 2.18. The number of carbonyl (C=O) groups is 2. The third-order valence-corrected chi connectivity index (χ3v) is 2.87. The lowest BCUT2D eigenvalue weighted by atomic mass is 10.1. The number of rotatable bonds is 5. The first-order chi connectivity index (χ1) is 10.7. The molecule has 1 rings (SSSR count). The van der Waals surface area contributed by atoms with Gasteiger partial charge in [-0.15, -0.1) is 0 Å². The molecule has 1 aromatic carbocycles. The van der Waals surface area contributed by atoms with Crippen LogP contribution in [0.4, 0.5) is 4.79 Å². The number of esters is 1. The van der Waals surface area contributed by atoms with E-state index in [-0.39, 0.29) is 12.0 Å². The summed E-state index contributed by atoms with van der Waals surface area (Å²) >= 11 is 0. The fourth-order valence-electron chi connectivity index (χ4n) is 1.82. The second-order valence-electron chi connectivity index (χ2n) is 6.12. The molecule has 0 unspecified atom stereocenters. The molecule has 0 heterocycles. The smallest absolute Gasteiger partial charge is 0.408 e. The van der Waals surface area contributed by atoms with Gasteiger partial charge in [-0.3, -0.25) is 0 Å². The van der Waals surface area contributed by atoms with Crippen molar-refractivity contribution in [3.05, 3.63) is 41.5 Å². The summed E-state index contributed by atoms with van der Waals surface area (Å²) in [6, 6.07) is 7.36. The average molecular weight is 319 g/mol. The van der Waals surface area contributed by atoms with Crippen molar-refractivity contribution in [2.75, 3.05) is 6.61 Å². The Labute approximate surface area is 137 Å². The van der Waals surface area contributed by atoms with E-state index < -0.39 is 11.7 Å². The molecule has 0 saturated carbocycles. The molecule has 0 bridgehead atoms. The van der Waals surface area contributed by atoms with E-state index in [1.54, 1.807) is 13.0 Å². The SMILES string of the molecule is CCOC(=O)/C=C/c1ccc([C@H](C)NC(=O)OC(C)(C)C)cc1. The number of hydrogen-bond acceptors (Lipinski definition) is 4. The Hall–Kier alpha value is -2.30. The minimum absolute atomic E-state index is 0.173. The largest absolute Gasteiger partial charge is 0.463 e. The van der Waals surface area contributed by atoms with Gasteiger partial charge in [0.2, 0.25) is 0 Å². The fraction of sp³-hybridized carbons (Fsp3) is 0.444. The summed E-state index contributed by atoms with van der Waals surface area (Å²) in [6.45, 7) is 9.47. The molecule has 0 spiro atoms. The molecular formula is C18H25NO4. The van der Waals surface area contributed by atoms with Crippen LogP contribution in [0.2, 0.25) is 0 Å². The Morgan fingerprint density at radius 2 is 1.83 bits per heavy atom. The van der Waals surface area contributed by atoms with Crippen LogP contribution in [-0.2, 0) is 14.3 Å². The van der Waals surface area contributed by atoms with Crippen LogP contribution in [0.5, 0.6) is 0 Å². The third kappa shape index (κ3) is 7.49. The molecule has 0 fully saturated rings. The van der Waals surface area contributed by atoms with E-state index in [0.29, 0.717) is 6.61 Å². The highest BCUT2D eigenvalue weighted by atomic mass is 16.6. The molecule has 0 aliphatic carbocycles. The van der Waals surface area contributed by atoms with Crippen molar-refractivity contribution in [1.82, 2.24) is 5.32 Å². The molecule has 5 heteroatoms. The predicted octanol–water partition coefficient (Wildman–Crippen LogP) is 3.85. The number of alkyl carbamates (subject to hydrolysis) is 1. The topological polar surface area (TPSA) is 64.6 Å². The summed E-state index contributed by atoms with van der Waals surface area (Å²) in [5, 5.41) is 2.79. The van der Waals surface area contributed by atoms with Gasteiger partial charge in [0, 0.05) is 6.08 Å². The van der Waals surface area contributed by atoms with Crippen molar-refractivity contribution in [2.24, 2.45) is 0 Å². The minimum Gasteiger partial charge on any atom is -0.463 e. The maximum Gasteiger partial charge on any atom is 0.408 e. The molecule has 1 amide bonds. The zero-order valence-electron chi connectivity index (χ0n) is 14.4. The van der Waals surface area contributed by atoms with Crippen molar-refractivity contribution in [3.8, 4) is 0 Å². The second kappa shape index (κ2) is 8.36. The van der Waals surface area contributed by atoms with Gasteiger partial charge in [0.05, 0.1) is 12.6 Å². The first kappa shape index (κ1) is 18.7. The average Bonchev–Trinajstić information content (AvgIpc) is 2.44. The molecule has 0 radical (unpaired) electrons. The first-order valence-electron chi connectivity index (χ1n) is 7.65. The predicted molar refractivity (Wildman–Crippen MR) is 89.9 cm³/mol. The minimum atomic E-state index is -0.522. The summed E-state index contributed by atoms with van der Waals surface area (Å²) in [5.74, 6) is -0.364. The van der Waals surface area contributed by atoms with Gasteiger partial charge in [-0.25, -0.2) is 9.59 Å². The van der Waals surface area contributed by atoms with Crippen molar-refractivity contribution in [3.63, 3.8) is 0 Å². The van der Waals surface area contributed by atoms with E-state index in [1.165, 1.54) is 6.08 Å². The lowest BCUT2D eigenvalue weighted by molar-refractivity contribution is -0.137. The van der Waals surface area contributed by atoms with E-state index in [9.17, 15) is 9.59 Å². The molecule has 5 nitrogen and oxygen atoms in total.